The molecule has 120 valence electrons. The number of hydrogen-bond acceptors (Lipinski definition) is 3. The lowest BCUT2D eigenvalue weighted by atomic mass is 9.92. The molecule has 22 heavy (non-hydrogen) atoms. The Labute approximate surface area is 139 Å². The van der Waals surface area contributed by atoms with E-state index < -0.39 is 0 Å². The Hall–Kier alpha value is -1.40. The highest BCUT2D eigenvalue weighted by Crippen LogP contribution is 2.15. The van der Waals surface area contributed by atoms with E-state index in [-0.39, 0.29) is 17.7 Å². The number of carbonyl (C=O) groups excluding carboxylic acids is 2. The molecule has 3 N–H and O–H groups in total. The first-order valence-corrected chi connectivity index (χ1v) is 8.40. The maximum absolute atomic E-state index is 12.0. The summed E-state index contributed by atoms with van der Waals surface area (Å²) >= 11 is 3.33. The molecule has 1 heterocycles. The lowest BCUT2D eigenvalue weighted by molar-refractivity contribution is -0.126. The molecular weight excluding hydrogens is 346 g/mol. The van der Waals surface area contributed by atoms with Crippen LogP contribution in [0.15, 0.2) is 28.7 Å². The average molecular weight is 368 g/mol. The number of amides is 2. The molecule has 6 heteroatoms. The van der Waals surface area contributed by atoms with Crippen LogP contribution in [-0.2, 0) is 4.79 Å². The normalized spacial score (nSPS) is 21.2. The predicted molar refractivity (Wildman–Crippen MR) is 89.7 cm³/mol. The molecule has 2 amide bonds. The van der Waals surface area contributed by atoms with Crippen LogP contribution in [-0.4, -0.2) is 37.5 Å². The van der Waals surface area contributed by atoms with Crippen LogP contribution >= 0.6 is 15.9 Å². The molecule has 1 aromatic rings. The van der Waals surface area contributed by atoms with Crippen molar-refractivity contribution >= 4 is 27.7 Å². The first-order chi connectivity index (χ1) is 10.6. The Bertz CT molecular complexity index is 519. The van der Waals surface area contributed by atoms with Gasteiger partial charge in [0.2, 0.25) is 5.91 Å². The third-order valence-corrected chi connectivity index (χ3v) is 4.34. The summed E-state index contributed by atoms with van der Waals surface area (Å²) in [5.41, 5.74) is 0.613. The van der Waals surface area contributed by atoms with E-state index in [4.69, 9.17) is 0 Å². The smallest absolute Gasteiger partial charge is 0.251 e. The molecule has 1 aliphatic rings. The molecule has 5 nitrogen and oxygen atoms in total. The van der Waals surface area contributed by atoms with Crippen LogP contribution < -0.4 is 16.0 Å². The van der Waals surface area contributed by atoms with Crippen molar-refractivity contribution in [3.05, 3.63) is 34.3 Å². The lowest BCUT2D eigenvalue weighted by Crippen LogP contribution is -2.44. The Morgan fingerprint density at radius 1 is 1.23 bits per heavy atom. The predicted octanol–water partition coefficient (Wildman–Crippen LogP) is 1.68. The molecule has 0 saturated carbocycles. The van der Waals surface area contributed by atoms with Gasteiger partial charge in [-0.05, 0) is 50.6 Å². The molecule has 0 radical (unpaired) electrons. The van der Waals surface area contributed by atoms with Gasteiger partial charge in [0.25, 0.3) is 5.91 Å². The van der Waals surface area contributed by atoms with Crippen LogP contribution in [0.3, 0.4) is 0 Å². The van der Waals surface area contributed by atoms with Crippen LogP contribution in [0.5, 0.6) is 0 Å². The quantitative estimate of drug-likeness (QED) is 0.693. The zero-order valence-corrected chi connectivity index (χ0v) is 14.3. The molecule has 1 aromatic carbocycles. The average Bonchev–Trinajstić information content (AvgIpc) is 2.51. The second-order valence-electron chi connectivity index (χ2n) is 5.63. The van der Waals surface area contributed by atoms with Gasteiger partial charge in [-0.15, -0.1) is 0 Å². The van der Waals surface area contributed by atoms with Gasteiger partial charge in [-0.2, -0.15) is 0 Å². The Morgan fingerprint density at radius 2 is 1.91 bits per heavy atom. The minimum absolute atomic E-state index is 0.0819. The molecule has 0 bridgehead atoms. The highest BCUT2D eigenvalue weighted by atomic mass is 79.9. The van der Waals surface area contributed by atoms with Crippen molar-refractivity contribution < 1.29 is 9.59 Å². The number of rotatable bonds is 5. The van der Waals surface area contributed by atoms with Crippen molar-refractivity contribution in [2.24, 2.45) is 5.92 Å². The lowest BCUT2D eigenvalue weighted by Gasteiger charge is -2.27. The summed E-state index contributed by atoms with van der Waals surface area (Å²) in [4.78, 5) is 23.9. The van der Waals surface area contributed by atoms with Crippen LogP contribution in [0.4, 0.5) is 0 Å². The minimum atomic E-state index is -0.128. The van der Waals surface area contributed by atoms with Crippen molar-refractivity contribution in [2.45, 2.75) is 25.8 Å². The van der Waals surface area contributed by atoms with E-state index in [1.54, 1.807) is 12.1 Å². The zero-order chi connectivity index (χ0) is 15.9. The maximum Gasteiger partial charge on any atom is 0.251 e. The summed E-state index contributed by atoms with van der Waals surface area (Å²) in [6.07, 6.45) is 1.75. The number of piperidine rings is 1. The number of nitrogens with one attached hydrogen (secondary N) is 3. The topological polar surface area (TPSA) is 70.2 Å². The molecule has 1 fully saturated rings. The van der Waals surface area contributed by atoms with Crippen LogP contribution in [0.2, 0.25) is 0 Å². The Kier molecular flexibility index (Phi) is 6.39. The van der Waals surface area contributed by atoms with Crippen LogP contribution in [0.25, 0.3) is 0 Å². The molecule has 1 saturated heterocycles. The van der Waals surface area contributed by atoms with E-state index in [0.717, 1.165) is 23.9 Å². The van der Waals surface area contributed by atoms with Gasteiger partial charge >= 0.3 is 0 Å². The van der Waals surface area contributed by atoms with E-state index in [1.807, 2.05) is 12.1 Å². The van der Waals surface area contributed by atoms with Gasteiger partial charge in [0.15, 0.2) is 0 Å². The van der Waals surface area contributed by atoms with E-state index >= 15 is 0 Å². The monoisotopic (exact) mass is 367 g/mol. The fourth-order valence-electron chi connectivity index (χ4n) is 2.58. The molecule has 0 unspecified atom stereocenters. The van der Waals surface area contributed by atoms with Gasteiger partial charge in [-0.3, -0.25) is 9.59 Å². The molecule has 0 spiro atoms. The van der Waals surface area contributed by atoms with Gasteiger partial charge in [-0.25, -0.2) is 0 Å². The van der Waals surface area contributed by atoms with E-state index in [0.29, 0.717) is 24.7 Å². The minimum Gasteiger partial charge on any atom is -0.354 e. The maximum atomic E-state index is 12.0. The van der Waals surface area contributed by atoms with E-state index in [1.165, 1.54) is 0 Å². The second-order valence-corrected chi connectivity index (χ2v) is 6.55. The summed E-state index contributed by atoms with van der Waals surface area (Å²) in [7, 11) is 0. The molecule has 2 rings (SSSR count). The van der Waals surface area contributed by atoms with Crippen molar-refractivity contribution in [3.8, 4) is 0 Å². The summed E-state index contributed by atoms with van der Waals surface area (Å²) in [6.45, 7) is 3.87. The third-order valence-electron chi connectivity index (χ3n) is 3.81. The zero-order valence-electron chi connectivity index (χ0n) is 12.7. The van der Waals surface area contributed by atoms with Crippen molar-refractivity contribution in [1.82, 2.24) is 16.0 Å². The SMILES string of the molecule is C[C@H]1C[C@@H](C(=O)NCCNC(=O)c2ccc(Br)cc2)CCN1. The molecule has 2 atom stereocenters. The fraction of sp³-hybridized carbons (Fsp3) is 0.500. The Balaban J connectivity index is 1.67. The molecule has 1 aliphatic heterocycles. The highest BCUT2D eigenvalue weighted by Gasteiger charge is 2.24. The summed E-state index contributed by atoms with van der Waals surface area (Å²) in [5.74, 6) is 0.0434. The first kappa shape index (κ1) is 17.0. The van der Waals surface area contributed by atoms with Crippen LogP contribution in [0.1, 0.15) is 30.1 Å². The van der Waals surface area contributed by atoms with Gasteiger partial charge in [0, 0.05) is 35.1 Å². The fourth-order valence-corrected chi connectivity index (χ4v) is 2.84. The second kappa shape index (κ2) is 8.29. The van der Waals surface area contributed by atoms with E-state index in [9.17, 15) is 9.59 Å². The van der Waals surface area contributed by atoms with Gasteiger partial charge < -0.3 is 16.0 Å². The number of carbonyl (C=O) groups is 2. The van der Waals surface area contributed by atoms with Crippen molar-refractivity contribution in [2.75, 3.05) is 19.6 Å². The Morgan fingerprint density at radius 3 is 2.59 bits per heavy atom. The molecule has 0 aromatic heterocycles. The largest absolute Gasteiger partial charge is 0.354 e. The summed E-state index contributed by atoms with van der Waals surface area (Å²) < 4.78 is 0.938. The number of hydrogen-bond donors (Lipinski definition) is 3. The third kappa shape index (κ3) is 5.10. The van der Waals surface area contributed by atoms with Crippen molar-refractivity contribution in [1.29, 1.82) is 0 Å². The summed E-state index contributed by atoms with van der Waals surface area (Å²) in [5, 5.41) is 9.03. The number of halogens is 1. The highest BCUT2D eigenvalue weighted by molar-refractivity contribution is 9.10. The first-order valence-electron chi connectivity index (χ1n) is 7.61. The number of benzene rings is 1. The molecular formula is C16H22BrN3O2. The van der Waals surface area contributed by atoms with Gasteiger partial charge in [-0.1, -0.05) is 15.9 Å². The van der Waals surface area contributed by atoms with Gasteiger partial charge in [0.1, 0.15) is 0 Å². The standard InChI is InChI=1S/C16H22BrN3O2/c1-11-10-13(6-7-18-11)16(22)20-9-8-19-15(21)12-2-4-14(17)5-3-12/h2-5,11,13,18H,6-10H2,1H3,(H,19,21)(H,20,22)/t11-,13-/m0/s1. The van der Waals surface area contributed by atoms with Crippen molar-refractivity contribution in [3.63, 3.8) is 0 Å². The van der Waals surface area contributed by atoms with Crippen LogP contribution in [0, 0.1) is 5.92 Å². The summed E-state index contributed by atoms with van der Waals surface area (Å²) in [6, 6.07) is 7.56. The van der Waals surface area contributed by atoms with E-state index in [2.05, 4.69) is 38.8 Å². The van der Waals surface area contributed by atoms with Gasteiger partial charge in [0.05, 0.1) is 0 Å². The molecule has 0 aliphatic carbocycles.